The summed E-state index contributed by atoms with van der Waals surface area (Å²) in [6.07, 6.45) is 8.38. The molecule has 0 unspecified atom stereocenters. The Hall–Kier alpha value is -2.03. The molecule has 1 fully saturated rings. The predicted octanol–water partition coefficient (Wildman–Crippen LogP) is 3.92. The number of hydrogen-bond acceptors (Lipinski definition) is 6. The molecule has 0 saturated carbocycles. The maximum atomic E-state index is 5.79. The van der Waals surface area contributed by atoms with Gasteiger partial charge in [-0.3, -0.25) is 0 Å². The molecule has 0 amide bonds. The molecule has 0 aromatic carbocycles. The largest absolute Gasteiger partial charge is 0.373 e. The number of hydrogen-bond donors (Lipinski definition) is 0. The summed E-state index contributed by atoms with van der Waals surface area (Å²) in [6, 6.07) is 4.32. The van der Waals surface area contributed by atoms with Gasteiger partial charge in [-0.1, -0.05) is 11.3 Å². The molecular formula is C17H17N5OS2. The van der Waals surface area contributed by atoms with Crippen LogP contribution >= 0.6 is 22.7 Å². The summed E-state index contributed by atoms with van der Waals surface area (Å²) in [5.74, 6) is 0.981. The van der Waals surface area contributed by atoms with Crippen LogP contribution in [-0.4, -0.2) is 30.8 Å². The molecule has 0 bridgehead atoms. The lowest BCUT2D eigenvalue weighted by atomic mass is 10.2. The van der Waals surface area contributed by atoms with Crippen LogP contribution in [0.2, 0.25) is 0 Å². The summed E-state index contributed by atoms with van der Waals surface area (Å²) in [4.78, 5) is 12.6. The highest BCUT2D eigenvalue weighted by atomic mass is 32.1. The van der Waals surface area contributed by atoms with Gasteiger partial charge in [0.05, 0.1) is 29.4 Å². The third-order valence-electron chi connectivity index (χ3n) is 4.34. The van der Waals surface area contributed by atoms with Crippen molar-refractivity contribution in [2.24, 2.45) is 0 Å². The normalized spacial score (nSPS) is 17.7. The number of thiophene rings is 1. The van der Waals surface area contributed by atoms with Gasteiger partial charge in [-0.15, -0.1) is 11.3 Å². The summed E-state index contributed by atoms with van der Waals surface area (Å²) in [7, 11) is 0. The van der Waals surface area contributed by atoms with Gasteiger partial charge in [0.2, 0.25) is 4.96 Å². The number of aromatic nitrogens is 5. The van der Waals surface area contributed by atoms with E-state index in [1.165, 1.54) is 9.75 Å². The first kappa shape index (κ1) is 15.2. The van der Waals surface area contributed by atoms with E-state index in [0.717, 1.165) is 40.9 Å². The van der Waals surface area contributed by atoms with Gasteiger partial charge in [0.1, 0.15) is 10.8 Å². The molecule has 0 spiro atoms. The SMILES string of the molecule is Cc1nn2cc(Cn3ccnc3-c3ccc([C@H]4CCCO4)s3)nc2s1. The van der Waals surface area contributed by atoms with Crippen LogP contribution in [0.15, 0.2) is 30.7 Å². The highest BCUT2D eigenvalue weighted by molar-refractivity contribution is 7.16. The molecule has 0 radical (unpaired) electrons. The van der Waals surface area contributed by atoms with Crippen molar-refractivity contribution in [1.29, 1.82) is 0 Å². The van der Waals surface area contributed by atoms with E-state index in [4.69, 9.17) is 4.74 Å². The van der Waals surface area contributed by atoms with Crippen molar-refractivity contribution in [2.45, 2.75) is 32.4 Å². The molecule has 25 heavy (non-hydrogen) atoms. The van der Waals surface area contributed by atoms with E-state index >= 15 is 0 Å². The maximum absolute atomic E-state index is 5.79. The second kappa shape index (κ2) is 6.05. The first-order valence-electron chi connectivity index (χ1n) is 8.31. The molecule has 128 valence electrons. The molecule has 1 atom stereocenters. The minimum Gasteiger partial charge on any atom is -0.373 e. The smallest absolute Gasteiger partial charge is 0.212 e. The summed E-state index contributed by atoms with van der Waals surface area (Å²) in [5.41, 5.74) is 0.994. The van der Waals surface area contributed by atoms with E-state index in [1.807, 2.05) is 30.0 Å². The van der Waals surface area contributed by atoms with Crippen molar-refractivity contribution in [3.8, 4) is 10.7 Å². The fourth-order valence-corrected chi connectivity index (χ4v) is 5.05. The van der Waals surface area contributed by atoms with Crippen LogP contribution in [0, 0.1) is 6.92 Å². The molecule has 4 aromatic rings. The van der Waals surface area contributed by atoms with E-state index in [9.17, 15) is 0 Å². The minimum absolute atomic E-state index is 0.261. The van der Waals surface area contributed by atoms with Gasteiger partial charge in [-0.25, -0.2) is 14.5 Å². The average Bonchev–Trinajstić information content (AvgIpc) is 3.36. The molecule has 1 saturated heterocycles. The van der Waals surface area contributed by atoms with Gasteiger partial charge >= 0.3 is 0 Å². The Morgan fingerprint density at radius 2 is 2.28 bits per heavy atom. The Balaban J connectivity index is 1.42. The van der Waals surface area contributed by atoms with Gasteiger partial charge in [0, 0.05) is 23.9 Å². The Bertz CT molecular complexity index is 990. The summed E-state index contributed by atoms with van der Waals surface area (Å²) in [6.45, 7) is 3.56. The first-order chi connectivity index (χ1) is 12.3. The average molecular weight is 371 g/mol. The number of imidazole rings is 2. The summed E-state index contributed by atoms with van der Waals surface area (Å²) < 4.78 is 9.79. The van der Waals surface area contributed by atoms with Crippen molar-refractivity contribution in [1.82, 2.24) is 24.1 Å². The fourth-order valence-electron chi connectivity index (χ4n) is 3.21. The molecule has 5 rings (SSSR count). The Labute approximate surface area is 152 Å². The molecule has 5 heterocycles. The van der Waals surface area contributed by atoms with E-state index in [2.05, 4.69) is 31.8 Å². The number of aryl methyl sites for hydroxylation is 1. The topological polar surface area (TPSA) is 57.2 Å². The van der Waals surface area contributed by atoms with Crippen LogP contribution < -0.4 is 0 Å². The van der Waals surface area contributed by atoms with E-state index in [1.54, 1.807) is 22.7 Å². The van der Waals surface area contributed by atoms with Gasteiger partial charge in [0.15, 0.2) is 0 Å². The Morgan fingerprint density at radius 3 is 3.12 bits per heavy atom. The number of nitrogens with zero attached hydrogens (tertiary/aromatic N) is 5. The monoisotopic (exact) mass is 371 g/mol. The maximum Gasteiger partial charge on any atom is 0.212 e. The van der Waals surface area contributed by atoms with Crippen molar-refractivity contribution in [2.75, 3.05) is 6.61 Å². The molecule has 1 aliphatic rings. The third kappa shape index (κ3) is 2.80. The molecule has 0 N–H and O–H groups in total. The van der Waals surface area contributed by atoms with Crippen molar-refractivity contribution >= 4 is 27.6 Å². The van der Waals surface area contributed by atoms with Crippen molar-refractivity contribution < 1.29 is 4.74 Å². The van der Waals surface area contributed by atoms with Crippen LogP contribution in [0.25, 0.3) is 15.7 Å². The van der Waals surface area contributed by atoms with Gasteiger partial charge in [-0.2, -0.15) is 5.10 Å². The second-order valence-corrected chi connectivity index (χ2v) is 8.44. The number of fused-ring (bicyclic) bond motifs is 1. The molecule has 8 heteroatoms. The van der Waals surface area contributed by atoms with Gasteiger partial charge in [0.25, 0.3) is 0 Å². The summed E-state index contributed by atoms with van der Waals surface area (Å²) in [5, 5.41) is 5.45. The number of rotatable bonds is 4. The van der Waals surface area contributed by atoms with Crippen LogP contribution in [0.1, 0.15) is 34.5 Å². The van der Waals surface area contributed by atoms with Crippen LogP contribution in [0.4, 0.5) is 0 Å². The predicted molar refractivity (Wildman–Crippen MR) is 98.2 cm³/mol. The quantitative estimate of drug-likeness (QED) is 0.545. The third-order valence-corrected chi connectivity index (χ3v) is 6.35. The number of ether oxygens (including phenoxy) is 1. The van der Waals surface area contributed by atoms with Gasteiger partial charge in [-0.05, 0) is 31.9 Å². The van der Waals surface area contributed by atoms with Crippen LogP contribution in [0.3, 0.4) is 0 Å². The van der Waals surface area contributed by atoms with Crippen LogP contribution in [0.5, 0.6) is 0 Å². The molecule has 1 aliphatic heterocycles. The standard InChI is InChI=1S/C17H17N5OS2/c1-11-20-22-10-12(19-17(22)24-11)9-21-7-6-18-16(21)15-5-4-14(25-15)13-3-2-8-23-13/h4-7,10,13H,2-3,8-9H2,1H3/t13-/m1/s1. The molecule has 6 nitrogen and oxygen atoms in total. The van der Waals surface area contributed by atoms with Crippen molar-refractivity contribution in [3.63, 3.8) is 0 Å². The van der Waals surface area contributed by atoms with Crippen LogP contribution in [-0.2, 0) is 11.3 Å². The van der Waals surface area contributed by atoms with E-state index in [0.29, 0.717) is 6.54 Å². The zero-order chi connectivity index (χ0) is 16.8. The highest BCUT2D eigenvalue weighted by Gasteiger charge is 2.20. The Kier molecular flexibility index (Phi) is 3.69. The minimum atomic E-state index is 0.261. The zero-order valence-electron chi connectivity index (χ0n) is 13.8. The highest BCUT2D eigenvalue weighted by Crippen LogP contribution is 2.36. The molecular weight excluding hydrogens is 354 g/mol. The lowest BCUT2D eigenvalue weighted by Crippen LogP contribution is -2.00. The van der Waals surface area contributed by atoms with E-state index in [-0.39, 0.29) is 6.10 Å². The van der Waals surface area contributed by atoms with Gasteiger partial charge < -0.3 is 9.30 Å². The first-order valence-corrected chi connectivity index (χ1v) is 9.94. The lowest BCUT2D eigenvalue weighted by Gasteiger charge is -2.06. The second-order valence-electron chi connectivity index (χ2n) is 6.16. The molecule has 4 aromatic heterocycles. The van der Waals surface area contributed by atoms with E-state index < -0.39 is 0 Å². The zero-order valence-corrected chi connectivity index (χ0v) is 15.4. The molecule has 0 aliphatic carbocycles. The summed E-state index contributed by atoms with van der Waals surface area (Å²) >= 11 is 3.38. The Morgan fingerprint density at radius 1 is 1.32 bits per heavy atom. The van der Waals surface area contributed by atoms with Crippen molar-refractivity contribution in [3.05, 3.63) is 46.3 Å². The lowest BCUT2D eigenvalue weighted by molar-refractivity contribution is 0.114. The fraction of sp³-hybridized carbons (Fsp3) is 0.353.